The van der Waals surface area contributed by atoms with Gasteiger partial charge in [0.15, 0.2) is 0 Å². The lowest BCUT2D eigenvalue weighted by Crippen LogP contribution is -2.38. The summed E-state index contributed by atoms with van der Waals surface area (Å²) in [5.41, 5.74) is 6.63. The van der Waals surface area contributed by atoms with Crippen LogP contribution in [0.1, 0.15) is 19.4 Å². The summed E-state index contributed by atoms with van der Waals surface area (Å²) in [7, 11) is 0. The van der Waals surface area contributed by atoms with Gasteiger partial charge in [0.05, 0.1) is 0 Å². The summed E-state index contributed by atoms with van der Waals surface area (Å²) in [6, 6.07) is 7.27. The molecule has 0 fully saturated rings. The van der Waals surface area contributed by atoms with Gasteiger partial charge in [-0.1, -0.05) is 30.7 Å². The number of nitrogens with one attached hydrogen (secondary N) is 1. The average Bonchev–Trinajstić information content (AvgIpc) is 2.24. The molecule has 0 aliphatic carbocycles. The third kappa shape index (κ3) is 3.83. The van der Waals surface area contributed by atoms with Crippen molar-refractivity contribution < 1.29 is 4.79 Å². The van der Waals surface area contributed by atoms with Crippen LogP contribution in [0.4, 0.5) is 0 Å². The van der Waals surface area contributed by atoms with Crippen LogP contribution >= 0.6 is 11.6 Å². The van der Waals surface area contributed by atoms with Crippen molar-refractivity contribution in [2.24, 2.45) is 11.7 Å². The molecular formula is C12H17ClN2O. The predicted molar refractivity (Wildman–Crippen MR) is 66.1 cm³/mol. The molecule has 16 heavy (non-hydrogen) atoms. The van der Waals surface area contributed by atoms with Gasteiger partial charge in [-0.05, 0) is 24.6 Å². The van der Waals surface area contributed by atoms with E-state index in [4.69, 9.17) is 17.3 Å². The molecule has 0 heterocycles. The van der Waals surface area contributed by atoms with E-state index in [1.165, 1.54) is 0 Å². The molecule has 2 unspecified atom stereocenters. The van der Waals surface area contributed by atoms with Crippen molar-refractivity contribution in [3.05, 3.63) is 34.9 Å². The first-order valence-corrected chi connectivity index (χ1v) is 5.66. The molecule has 0 aromatic heterocycles. The first-order chi connectivity index (χ1) is 7.50. The van der Waals surface area contributed by atoms with Crippen LogP contribution in [0.3, 0.4) is 0 Å². The lowest BCUT2D eigenvalue weighted by molar-refractivity contribution is -0.125. The van der Waals surface area contributed by atoms with E-state index in [9.17, 15) is 4.79 Å². The van der Waals surface area contributed by atoms with E-state index in [1.807, 2.05) is 32.0 Å². The molecule has 0 radical (unpaired) electrons. The molecule has 0 aliphatic rings. The van der Waals surface area contributed by atoms with Gasteiger partial charge in [-0.3, -0.25) is 4.79 Å². The van der Waals surface area contributed by atoms with Gasteiger partial charge in [0.25, 0.3) is 0 Å². The number of carbonyl (C=O) groups is 1. The van der Waals surface area contributed by atoms with Gasteiger partial charge in [0, 0.05) is 23.5 Å². The van der Waals surface area contributed by atoms with Crippen molar-refractivity contribution in [3.63, 3.8) is 0 Å². The molecular weight excluding hydrogens is 224 g/mol. The highest BCUT2D eigenvalue weighted by Crippen LogP contribution is 2.10. The second kappa shape index (κ2) is 5.87. The molecule has 2 atom stereocenters. The summed E-state index contributed by atoms with van der Waals surface area (Å²) >= 11 is 5.84. The Balaban J connectivity index is 2.49. The van der Waals surface area contributed by atoms with Gasteiger partial charge in [-0.25, -0.2) is 0 Å². The van der Waals surface area contributed by atoms with Crippen LogP contribution < -0.4 is 11.1 Å². The fourth-order valence-corrected chi connectivity index (χ4v) is 1.45. The van der Waals surface area contributed by atoms with Crippen LogP contribution in [0.5, 0.6) is 0 Å². The van der Waals surface area contributed by atoms with Gasteiger partial charge in [-0.15, -0.1) is 0 Å². The molecule has 1 aromatic rings. The molecule has 0 spiro atoms. The van der Waals surface area contributed by atoms with E-state index in [0.29, 0.717) is 11.6 Å². The zero-order chi connectivity index (χ0) is 12.1. The van der Waals surface area contributed by atoms with Crippen molar-refractivity contribution in [2.45, 2.75) is 26.4 Å². The first kappa shape index (κ1) is 13.0. The Hall–Kier alpha value is -1.06. The highest BCUT2D eigenvalue weighted by atomic mass is 35.5. The van der Waals surface area contributed by atoms with Crippen LogP contribution in [0.15, 0.2) is 24.3 Å². The SMILES string of the molecule is CC(N)C(C)C(=O)NCc1cccc(Cl)c1. The fourth-order valence-electron chi connectivity index (χ4n) is 1.24. The van der Waals surface area contributed by atoms with Crippen LogP contribution in [-0.4, -0.2) is 11.9 Å². The largest absolute Gasteiger partial charge is 0.352 e. The number of rotatable bonds is 4. The Kier molecular flexibility index (Phi) is 4.77. The normalized spacial score (nSPS) is 14.2. The maximum Gasteiger partial charge on any atom is 0.224 e. The second-order valence-corrected chi connectivity index (χ2v) is 4.43. The number of carbonyl (C=O) groups excluding carboxylic acids is 1. The molecule has 0 saturated heterocycles. The number of halogens is 1. The molecule has 0 aliphatic heterocycles. The second-order valence-electron chi connectivity index (χ2n) is 4.00. The van der Waals surface area contributed by atoms with Gasteiger partial charge in [0.1, 0.15) is 0 Å². The third-order valence-electron chi connectivity index (χ3n) is 2.56. The Labute approximate surface area is 101 Å². The number of hydrogen-bond acceptors (Lipinski definition) is 2. The number of benzene rings is 1. The maximum atomic E-state index is 11.6. The van der Waals surface area contributed by atoms with Crippen molar-refractivity contribution in [3.8, 4) is 0 Å². The van der Waals surface area contributed by atoms with Crippen molar-refractivity contribution in [2.75, 3.05) is 0 Å². The molecule has 1 amide bonds. The summed E-state index contributed by atoms with van der Waals surface area (Å²) < 4.78 is 0. The van der Waals surface area contributed by atoms with Crippen molar-refractivity contribution in [1.29, 1.82) is 0 Å². The zero-order valence-corrected chi connectivity index (χ0v) is 10.3. The van der Waals surface area contributed by atoms with E-state index in [-0.39, 0.29) is 17.9 Å². The molecule has 3 nitrogen and oxygen atoms in total. The van der Waals surface area contributed by atoms with Crippen molar-refractivity contribution in [1.82, 2.24) is 5.32 Å². The van der Waals surface area contributed by atoms with E-state index in [1.54, 1.807) is 6.07 Å². The minimum atomic E-state index is -0.181. The van der Waals surface area contributed by atoms with Gasteiger partial charge < -0.3 is 11.1 Å². The lowest BCUT2D eigenvalue weighted by atomic mass is 10.0. The molecule has 4 heteroatoms. The quantitative estimate of drug-likeness (QED) is 0.845. The molecule has 0 saturated carbocycles. The Morgan fingerprint density at radius 1 is 1.50 bits per heavy atom. The van der Waals surface area contributed by atoms with Crippen molar-refractivity contribution >= 4 is 17.5 Å². The number of nitrogens with two attached hydrogens (primary N) is 1. The lowest BCUT2D eigenvalue weighted by Gasteiger charge is -2.15. The van der Waals surface area contributed by atoms with E-state index < -0.39 is 0 Å². The number of amides is 1. The summed E-state index contributed by atoms with van der Waals surface area (Å²) in [6.45, 7) is 4.12. The minimum absolute atomic E-state index is 0.0324. The third-order valence-corrected chi connectivity index (χ3v) is 2.79. The fraction of sp³-hybridized carbons (Fsp3) is 0.417. The monoisotopic (exact) mass is 240 g/mol. The minimum Gasteiger partial charge on any atom is -0.352 e. The standard InChI is InChI=1S/C12H17ClN2O/c1-8(9(2)14)12(16)15-7-10-4-3-5-11(13)6-10/h3-6,8-9H,7,14H2,1-2H3,(H,15,16). The summed E-state index contributed by atoms with van der Waals surface area (Å²) in [5.74, 6) is -0.214. The van der Waals surface area contributed by atoms with E-state index in [2.05, 4.69) is 5.32 Å². The van der Waals surface area contributed by atoms with E-state index in [0.717, 1.165) is 5.56 Å². The predicted octanol–water partition coefficient (Wildman–Crippen LogP) is 1.94. The highest BCUT2D eigenvalue weighted by molar-refractivity contribution is 6.30. The topological polar surface area (TPSA) is 55.1 Å². The number of hydrogen-bond donors (Lipinski definition) is 2. The summed E-state index contributed by atoms with van der Waals surface area (Å²) in [5, 5.41) is 3.50. The van der Waals surface area contributed by atoms with Gasteiger partial charge >= 0.3 is 0 Å². The Morgan fingerprint density at radius 3 is 2.75 bits per heavy atom. The molecule has 1 aromatic carbocycles. The van der Waals surface area contributed by atoms with E-state index >= 15 is 0 Å². The Morgan fingerprint density at radius 2 is 2.19 bits per heavy atom. The molecule has 1 rings (SSSR count). The van der Waals surface area contributed by atoms with Gasteiger partial charge in [-0.2, -0.15) is 0 Å². The van der Waals surface area contributed by atoms with Crippen LogP contribution in [0.25, 0.3) is 0 Å². The van der Waals surface area contributed by atoms with Gasteiger partial charge in [0.2, 0.25) is 5.91 Å². The molecule has 0 bridgehead atoms. The van der Waals surface area contributed by atoms with Crippen LogP contribution in [0, 0.1) is 5.92 Å². The Bertz CT molecular complexity index is 366. The first-order valence-electron chi connectivity index (χ1n) is 5.28. The average molecular weight is 241 g/mol. The smallest absolute Gasteiger partial charge is 0.224 e. The summed E-state index contributed by atoms with van der Waals surface area (Å²) in [4.78, 5) is 11.6. The summed E-state index contributed by atoms with van der Waals surface area (Å²) in [6.07, 6.45) is 0. The molecule has 88 valence electrons. The zero-order valence-electron chi connectivity index (χ0n) is 9.53. The maximum absolute atomic E-state index is 11.6. The highest BCUT2D eigenvalue weighted by Gasteiger charge is 2.16. The molecule has 3 N–H and O–H groups in total. The van der Waals surface area contributed by atoms with Crippen LogP contribution in [-0.2, 0) is 11.3 Å². The van der Waals surface area contributed by atoms with Crippen LogP contribution in [0.2, 0.25) is 5.02 Å².